The maximum absolute atomic E-state index is 9.53. The maximum atomic E-state index is 9.53. The zero-order valence-corrected chi connectivity index (χ0v) is 14.5. The molecule has 22 heavy (non-hydrogen) atoms. The molecule has 124 valence electrons. The number of likely N-dealkylation sites (N-methyl/N-ethyl adjacent to an activating group) is 2. The summed E-state index contributed by atoms with van der Waals surface area (Å²) in [6.07, 6.45) is 5.68. The van der Waals surface area contributed by atoms with Crippen LogP contribution in [0.1, 0.15) is 43.3 Å². The molecule has 0 aromatic carbocycles. The van der Waals surface area contributed by atoms with Crippen molar-refractivity contribution in [2.75, 3.05) is 28.2 Å². The molecule has 1 aromatic heterocycles. The van der Waals surface area contributed by atoms with E-state index in [4.69, 9.17) is 5.73 Å². The quantitative estimate of drug-likeness (QED) is 0.645. The summed E-state index contributed by atoms with van der Waals surface area (Å²) in [5.74, 6) is 0.931. The van der Waals surface area contributed by atoms with Gasteiger partial charge in [-0.2, -0.15) is 4.98 Å². The third-order valence-electron chi connectivity index (χ3n) is 5.03. The number of aliphatic hydroxyl groups is 1. The van der Waals surface area contributed by atoms with Crippen LogP contribution in [0.4, 0.5) is 5.82 Å². The van der Waals surface area contributed by atoms with E-state index >= 15 is 0 Å². The smallest absolute Gasteiger partial charge is 0.246 e. The van der Waals surface area contributed by atoms with Crippen LogP contribution in [0.15, 0.2) is 6.20 Å². The van der Waals surface area contributed by atoms with Gasteiger partial charge in [0.05, 0.1) is 25.8 Å². The minimum Gasteiger partial charge on any atom is -0.373 e. The van der Waals surface area contributed by atoms with E-state index in [9.17, 15) is 5.11 Å². The number of quaternary nitrogens is 1. The van der Waals surface area contributed by atoms with Crippen LogP contribution in [0.2, 0.25) is 0 Å². The number of aryl methyl sites for hydroxylation is 1. The summed E-state index contributed by atoms with van der Waals surface area (Å²) < 4.78 is 0.706. The number of hydrogen-bond donors (Lipinski definition) is 2. The van der Waals surface area contributed by atoms with Crippen molar-refractivity contribution in [3.63, 3.8) is 0 Å². The molecule has 2 rings (SSSR count). The molecule has 1 heterocycles. The monoisotopic (exact) mass is 308 g/mol. The fourth-order valence-electron chi connectivity index (χ4n) is 3.66. The topological polar surface area (TPSA) is 75.3 Å². The summed E-state index contributed by atoms with van der Waals surface area (Å²) in [6, 6.07) is 1.04. The maximum Gasteiger partial charge on any atom is 0.246 e. The lowest BCUT2D eigenvalue weighted by Gasteiger charge is -2.45. The highest BCUT2D eigenvalue weighted by Gasteiger charge is 2.41. The Morgan fingerprint density at radius 3 is 2.50 bits per heavy atom. The first-order valence-corrected chi connectivity index (χ1v) is 8.03. The number of nitrogens with zero attached hydrogens (tertiary/aromatic N) is 4. The molecule has 0 spiro atoms. The van der Waals surface area contributed by atoms with Gasteiger partial charge < -0.3 is 15.7 Å². The van der Waals surface area contributed by atoms with E-state index in [1.54, 1.807) is 6.20 Å². The summed E-state index contributed by atoms with van der Waals surface area (Å²) in [4.78, 5) is 11.4. The normalized spacial score (nSPS) is 24.5. The van der Waals surface area contributed by atoms with Gasteiger partial charge in [-0.3, -0.25) is 4.48 Å². The summed E-state index contributed by atoms with van der Waals surface area (Å²) in [5, 5.41) is 9.53. The lowest BCUT2D eigenvalue weighted by molar-refractivity contribution is 0.109. The van der Waals surface area contributed by atoms with Crippen molar-refractivity contribution < 1.29 is 5.11 Å². The first-order chi connectivity index (χ1) is 10.2. The molecule has 0 amide bonds. The zero-order chi connectivity index (χ0) is 16.5. The molecule has 0 bridgehead atoms. The molecular formula is C16H30N5O+. The van der Waals surface area contributed by atoms with E-state index in [1.165, 1.54) is 25.7 Å². The van der Waals surface area contributed by atoms with Gasteiger partial charge in [0.15, 0.2) is 0 Å². The molecule has 1 aliphatic carbocycles. The van der Waals surface area contributed by atoms with E-state index in [0.717, 1.165) is 5.82 Å². The van der Waals surface area contributed by atoms with Gasteiger partial charge in [0.2, 0.25) is 5.82 Å². The number of aliphatic hydroxyl groups excluding tert-OH is 1. The molecule has 0 saturated heterocycles. The second-order valence-corrected chi connectivity index (χ2v) is 7.07. The van der Waals surface area contributed by atoms with Gasteiger partial charge >= 0.3 is 0 Å². The Kier molecular flexibility index (Phi) is 5.17. The number of aromatic nitrogens is 2. The standard InChI is InChI=1S/C16H30N5O/c1-11-15(16(17)22)18-10-14(19-11)21(4,5)13-9-7-6-8-12(13)20(2)3/h10,12-13,16,22H,6-9,17H2,1-5H3/q+1. The predicted octanol–water partition coefficient (Wildman–Crippen LogP) is 1.17. The van der Waals surface area contributed by atoms with Crippen molar-refractivity contribution in [2.45, 2.75) is 50.9 Å². The largest absolute Gasteiger partial charge is 0.373 e. The van der Waals surface area contributed by atoms with Gasteiger partial charge in [-0.05, 0) is 33.9 Å². The zero-order valence-electron chi connectivity index (χ0n) is 14.5. The molecular weight excluding hydrogens is 278 g/mol. The van der Waals surface area contributed by atoms with E-state index < -0.39 is 6.23 Å². The Balaban J connectivity index is 2.34. The summed E-state index contributed by atoms with van der Waals surface area (Å²) in [5.41, 5.74) is 6.68. The van der Waals surface area contributed by atoms with Gasteiger partial charge in [0.1, 0.15) is 24.2 Å². The van der Waals surface area contributed by atoms with Crippen LogP contribution in [-0.4, -0.2) is 60.2 Å². The highest BCUT2D eigenvalue weighted by atomic mass is 16.3. The van der Waals surface area contributed by atoms with Crippen LogP contribution in [0.5, 0.6) is 0 Å². The van der Waals surface area contributed by atoms with E-state index in [-0.39, 0.29) is 0 Å². The number of nitrogens with two attached hydrogens (primary N) is 1. The van der Waals surface area contributed by atoms with Gasteiger partial charge in [-0.15, -0.1) is 0 Å². The summed E-state index contributed by atoms with van der Waals surface area (Å²) in [7, 11) is 8.73. The van der Waals surface area contributed by atoms with Crippen molar-refractivity contribution in [2.24, 2.45) is 5.73 Å². The van der Waals surface area contributed by atoms with Crippen molar-refractivity contribution in [1.29, 1.82) is 0 Å². The van der Waals surface area contributed by atoms with Crippen LogP contribution in [0.3, 0.4) is 0 Å². The molecule has 6 nitrogen and oxygen atoms in total. The third kappa shape index (κ3) is 3.30. The van der Waals surface area contributed by atoms with Gasteiger partial charge in [0, 0.05) is 6.42 Å². The van der Waals surface area contributed by atoms with Gasteiger partial charge in [-0.1, -0.05) is 6.42 Å². The average Bonchev–Trinajstić information content (AvgIpc) is 2.46. The summed E-state index contributed by atoms with van der Waals surface area (Å²) >= 11 is 0. The first-order valence-electron chi connectivity index (χ1n) is 8.03. The fourth-order valence-corrected chi connectivity index (χ4v) is 3.66. The van der Waals surface area contributed by atoms with Crippen LogP contribution < -0.4 is 10.2 Å². The van der Waals surface area contributed by atoms with E-state index in [1.807, 2.05) is 6.92 Å². The SMILES string of the molecule is Cc1nc([N+](C)(C)C2CCCCC2N(C)C)cnc1C(N)O. The first kappa shape index (κ1) is 17.3. The van der Waals surface area contributed by atoms with Crippen LogP contribution in [0, 0.1) is 6.92 Å². The molecule has 6 heteroatoms. The van der Waals surface area contributed by atoms with Gasteiger partial charge in [-0.25, -0.2) is 4.98 Å². The lowest BCUT2D eigenvalue weighted by atomic mass is 9.87. The Hall–Kier alpha value is -1.08. The van der Waals surface area contributed by atoms with Crippen LogP contribution in [0.25, 0.3) is 0 Å². The number of rotatable bonds is 4. The second kappa shape index (κ2) is 6.58. The summed E-state index contributed by atoms with van der Waals surface area (Å²) in [6.45, 7) is 1.85. The van der Waals surface area contributed by atoms with Crippen molar-refractivity contribution in [1.82, 2.24) is 19.4 Å². The van der Waals surface area contributed by atoms with Gasteiger partial charge in [0.25, 0.3) is 0 Å². The molecule has 0 radical (unpaired) electrons. The van der Waals surface area contributed by atoms with Crippen molar-refractivity contribution >= 4 is 5.82 Å². The Labute approximate surface area is 133 Å². The minimum absolute atomic E-state index is 0.455. The molecule has 1 aromatic rings. The molecule has 1 aliphatic rings. The van der Waals surface area contributed by atoms with Crippen LogP contribution in [-0.2, 0) is 0 Å². The van der Waals surface area contributed by atoms with Crippen LogP contribution >= 0.6 is 0 Å². The fraction of sp³-hybridized carbons (Fsp3) is 0.750. The molecule has 3 N–H and O–H groups in total. The van der Waals surface area contributed by atoms with Crippen molar-refractivity contribution in [3.8, 4) is 0 Å². The highest BCUT2D eigenvalue weighted by Crippen LogP contribution is 2.32. The molecule has 1 fully saturated rings. The Morgan fingerprint density at radius 1 is 1.32 bits per heavy atom. The molecule has 3 atom stereocenters. The third-order valence-corrected chi connectivity index (χ3v) is 5.03. The molecule has 3 unspecified atom stereocenters. The van der Waals surface area contributed by atoms with E-state index in [0.29, 0.717) is 28.0 Å². The average molecular weight is 308 g/mol. The van der Waals surface area contributed by atoms with Crippen molar-refractivity contribution in [3.05, 3.63) is 17.6 Å². The molecule has 0 aliphatic heterocycles. The van der Waals surface area contributed by atoms with E-state index in [2.05, 4.69) is 43.1 Å². The lowest BCUT2D eigenvalue weighted by Crippen LogP contribution is -2.60. The predicted molar refractivity (Wildman–Crippen MR) is 89.3 cm³/mol. The number of hydrogen-bond acceptors (Lipinski definition) is 5. The Morgan fingerprint density at radius 2 is 1.95 bits per heavy atom. The second-order valence-electron chi connectivity index (χ2n) is 7.07. The Bertz CT molecular complexity index is 515. The highest BCUT2D eigenvalue weighted by molar-refractivity contribution is 5.34. The molecule has 1 saturated carbocycles. The minimum atomic E-state index is -1.07.